The molecule has 4 aliphatic carbocycles. The van der Waals surface area contributed by atoms with Crippen LogP contribution >= 0.6 is 0 Å². The number of carbonyl (C=O) groups excluding carboxylic acids is 1. The van der Waals surface area contributed by atoms with Gasteiger partial charge in [0.15, 0.2) is 0 Å². The third-order valence-electron chi connectivity index (χ3n) is 13.8. The Kier molecular flexibility index (Phi) is 8.19. The molecule has 4 saturated carbocycles. The van der Waals surface area contributed by atoms with Crippen molar-refractivity contribution in [1.82, 2.24) is 9.80 Å². The van der Waals surface area contributed by atoms with Crippen molar-refractivity contribution >= 4 is 5.97 Å². The van der Waals surface area contributed by atoms with Crippen LogP contribution in [0.25, 0.3) is 0 Å². The van der Waals surface area contributed by atoms with Gasteiger partial charge in [0, 0.05) is 50.6 Å². The number of piperidine rings is 1. The molecule has 2 saturated heterocycles. The molecule has 3 unspecified atom stereocenters. The molecular formula is C34H58N3O4+. The van der Waals surface area contributed by atoms with Crippen molar-refractivity contribution in [2.75, 3.05) is 52.9 Å². The van der Waals surface area contributed by atoms with Crippen molar-refractivity contribution in [1.29, 1.82) is 0 Å². The predicted octanol–water partition coefficient (Wildman–Crippen LogP) is 3.68. The molecule has 0 radical (unpaired) electrons. The fourth-order valence-electron chi connectivity index (χ4n) is 11.4. The van der Waals surface area contributed by atoms with Crippen LogP contribution in [0.4, 0.5) is 0 Å². The maximum absolute atomic E-state index is 12.5. The number of fused-ring (bicyclic) bond motifs is 5. The van der Waals surface area contributed by atoms with E-state index < -0.39 is 0 Å². The van der Waals surface area contributed by atoms with Crippen LogP contribution in [-0.2, 0) is 9.53 Å². The van der Waals surface area contributed by atoms with Crippen molar-refractivity contribution in [3.8, 4) is 0 Å². The van der Waals surface area contributed by atoms with Gasteiger partial charge in [0.05, 0.1) is 38.9 Å². The molecule has 10 atom stereocenters. The summed E-state index contributed by atoms with van der Waals surface area (Å²) in [5, 5.41) is 21.4. The standard InChI is InChI=1S/C34H58N3O4/c1-6-17-37(5)18-15-36(16-19-37)29-21-28-26-8-7-24-20-31(40)30(35-13-10-25(39)11-14-35)22-34(24,4)27(26)9-12-33(28,3)32(29)41-23(2)38/h6,24-32,39-40H,1,7-22H2,2-5H3/q+1/t24-,26?,27?,28?,29-,30-,31-,32-,33-,34-/m0/s1. The molecule has 7 nitrogen and oxygen atoms in total. The van der Waals surface area contributed by atoms with Crippen LogP contribution in [0.3, 0.4) is 0 Å². The van der Waals surface area contributed by atoms with E-state index in [1.807, 2.05) is 0 Å². The molecule has 232 valence electrons. The molecule has 0 aromatic rings. The number of nitrogens with zero attached hydrogens (tertiary/aromatic N) is 3. The Balaban J connectivity index is 1.23. The van der Waals surface area contributed by atoms with E-state index in [1.54, 1.807) is 6.92 Å². The van der Waals surface area contributed by atoms with E-state index in [-0.39, 0.29) is 41.2 Å². The number of quaternary nitrogens is 1. The highest BCUT2D eigenvalue weighted by molar-refractivity contribution is 5.66. The van der Waals surface area contributed by atoms with Gasteiger partial charge in [-0.15, -0.1) is 0 Å². The van der Waals surface area contributed by atoms with Crippen LogP contribution in [0.2, 0.25) is 0 Å². The number of carbonyl (C=O) groups is 1. The summed E-state index contributed by atoms with van der Waals surface area (Å²) in [5.41, 5.74) is 0.280. The topological polar surface area (TPSA) is 73.2 Å². The monoisotopic (exact) mass is 572 g/mol. The highest BCUT2D eigenvalue weighted by Crippen LogP contribution is 2.67. The Morgan fingerprint density at radius 2 is 1.63 bits per heavy atom. The van der Waals surface area contributed by atoms with Gasteiger partial charge in [0.1, 0.15) is 6.10 Å². The number of likely N-dealkylation sites (N-methyl/N-ethyl adjacent to an activating group) is 1. The highest BCUT2D eigenvalue weighted by Gasteiger charge is 2.65. The second kappa shape index (κ2) is 11.2. The molecule has 0 aromatic heterocycles. The molecule has 6 rings (SSSR count). The van der Waals surface area contributed by atoms with Gasteiger partial charge in [-0.3, -0.25) is 14.6 Å². The first-order valence-electron chi connectivity index (χ1n) is 16.9. The van der Waals surface area contributed by atoms with E-state index in [2.05, 4.69) is 43.3 Å². The number of ether oxygens (including phenoxy) is 1. The van der Waals surface area contributed by atoms with E-state index in [4.69, 9.17) is 4.74 Å². The predicted molar refractivity (Wildman–Crippen MR) is 161 cm³/mol. The lowest BCUT2D eigenvalue weighted by molar-refractivity contribution is -0.908. The minimum Gasteiger partial charge on any atom is -0.460 e. The molecule has 6 aliphatic rings. The number of rotatable bonds is 5. The van der Waals surface area contributed by atoms with Crippen molar-refractivity contribution in [2.24, 2.45) is 34.5 Å². The zero-order valence-corrected chi connectivity index (χ0v) is 26.3. The Bertz CT molecular complexity index is 975. The summed E-state index contributed by atoms with van der Waals surface area (Å²) in [5.74, 6) is 2.40. The van der Waals surface area contributed by atoms with Gasteiger partial charge in [0.2, 0.25) is 0 Å². The minimum atomic E-state index is -0.248. The van der Waals surface area contributed by atoms with E-state index in [0.29, 0.717) is 29.7 Å². The summed E-state index contributed by atoms with van der Waals surface area (Å²) in [6.45, 7) is 17.8. The van der Waals surface area contributed by atoms with Gasteiger partial charge in [-0.25, -0.2) is 0 Å². The Morgan fingerprint density at radius 3 is 2.29 bits per heavy atom. The fourth-order valence-corrected chi connectivity index (χ4v) is 11.4. The second-order valence-electron chi connectivity index (χ2n) is 16.0. The lowest BCUT2D eigenvalue weighted by Crippen LogP contribution is -2.61. The number of likely N-dealkylation sites (tertiary alicyclic amines) is 1. The number of aliphatic hydroxyl groups is 2. The Labute approximate surface area is 248 Å². The maximum atomic E-state index is 12.5. The van der Waals surface area contributed by atoms with E-state index in [0.717, 1.165) is 88.8 Å². The molecule has 2 aliphatic heterocycles. The fraction of sp³-hybridized carbons (Fsp3) is 0.912. The number of hydrogen-bond donors (Lipinski definition) is 2. The second-order valence-corrected chi connectivity index (χ2v) is 16.0. The van der Waals surface area contributed by atoms with Crippen LogP contribution in [0, 0.1) is 34.5 Å². The summed E-state index contributed by atoms with van der Waals surface area (Å²) in [4.78, 5) is 17.7. The van der Waals surface area contributed by atoms with Gasteiger partial charge in [0.25, 0.3) is 0 Å². The summed E-state index contributed by atoms with van der Waals surface area (Å²) in [7, 11) is 2.35. The third-order valence-corrected chi connectivity index (χ3v) is 13.8. The first-order chi connectivity index (χ1) is 19.5. The van der Waals surface area contributed by atoms with Gasteiger partial charge in [-0.1, -0.05) is 20.4 Å². The molecule has 0 aromatic carbocycles. The van der Waals surface area contributed by atoms with Gasteiger partial charge in [-0.05, 0) is 93.0 Å². The summed E-state index contributed by atoms with van der Waals surface area (Å²) < 4.78 is 7.37. The van der Waals surface area contributed by atoms with Crippen LogP contribution in [0.15, 0.2) is 12.7 Å². The zero-order valence-electron chi connectivity index (χ0n) is 26.3. The molecule has 6 fully saturated rings. The van der Waals surface area contributed by atoms with Gasteiger partial charge < -0.3 is 19.4 Å². The van der Waals surface area contributed by atoms with E-state index in [9.17, 15) is 15.0 Å². The normalized spacial score (nSPS) is 47.2. The van der Waals surface area contributed by atoms with Gasteiger partial charge in [-0.2, -0.15) is 0 Å². The molecule has 2 N–H and O–H groups in total. The van der Waals surface area contributed by atoms with Crippen molar-refractivity contribution in [2.45, 2.75) is 109 Å². The molecule has 7 heteroatoms. The van der Waals surface area contributed by atoms with Crippen molar-refractivity contribution in [3.63, 3.8) is 0 Å². The lowest BCUT2D eigenvalue weighted by Gasteiger charge is -2.62. The van der Waals surface area contributed by atoms with Crippen molar-refractivity contribution in [3.05, 3.63) is 12.7 Å². The Hall–Kier alpha value is -0.990. The molecule has 2 heterocycles. The number of piperazine rings is 1. The SMILES string of the molecule is C=CC[N+]1(C)CCN([C@H]2CC3C4CC[C@H]5C[C@H](O)[C@@H](N6CCC(O)CC6)C[C@]5(C)C4CC[C@]3(C)[C@H]2OC(C)=O)CC1. The summed E-state index contributed by atoms with van der Waals surface area (Å²) in [6.07, 6.45) is 11.3. The van der Waals surface area contributed by atoms with Gasteiger partial charge >= 0.3 is 5.97 Å². The number of hydrogen-bond acceptors (Lipinski definition) is 6. The minimum absolute atomic E-state index is 0.0200. The first kappa shape index (κ1) is 30.1. The molecular weight excluding hydrogens is 514 g/mol. The van der Waals surface area contributed by atoms with E-state index >= 15 is 0 Å². The van der Waals surface area contributed by atoms with Crippen LogP contribution in [-0.4, -0.2) is 114 Å². The lowest BCUT2D eigenvalue weighted by atomic mass is 9.44. The summed E-state index contributed by atoms with van der Waals surface area (Å²) in [6, 6.07) is 0.536. The quantitative estimate of drug-likeness (QED) is 0.298. The van der Waals surface area contributed by atoms with E-state index in [1.165, 1.54) is 19.3 Å². The number of aliphatic hydroxyl groups excluding tert-OH is 2. The van der Waals surface area contributed by atoms with Crippen molar-refractivity contribution < 1.29 is 24.2 Å². The molecule has 0 bridgehead atoms. The average Bonchev–Trinajstić information content (AvgIpc) is 3.21. The number of esters is 1. The largest absolute Gasteiger partial charge is 0.460 e. The Morgan fingerprint density at radius 1 is 0.951 bits per heavy atom. The molecule has 0 spiro atoms. The summed E-state index contributed by atoms with van der Waals surface area (Å²) >= 11 is 0. The first-order valence-corrected chi connectivity index (χ1v) is 16.9. The van der Waals surface area contributed by atoms with Crippen LogP contribution in [0.5, 0.6) is 0 Å². The third kappa shape index (κ3) is 5.24. The molecule has 41 heavy (non-hydrogen) atoms. The molecule has 0 amide bonds. The smallest absolute Gasteiger partial charge is 0.302 e. The highest BCUT2D eigenvalue weighted by atomic mass is 16.5. The van der Waals surface area contributed by atoms with Crippen LogP contribution in [0.1, 0.15) is 78.6 Å². The maximum Gasteiger partial charge on any atom is 0.302 e. The average molecular weight is 573 g/mol. The zero-order chi connectivity index (χ0) is 29.2. The van der Waals surface area contributed by atoms with Crippen LogP contribution < -0.4 is 0 Å².